The highest BCUT2D eigenvalue weighted by molar-refractivity contribution is 6.00. The molecule has 0 atom stereocenters. The van der Waals surface area contributed by atoms with Crippen LogP contribution in [0.1, 0.15) is 43.0 Å². The smallest absolute Gasteiger partial charge is 0.176 e. The van der Waals surface area contributed by atoms with Crippen LogP contribution in [0.15, 0.2) is 18.2 Å². The molecule has 1 heterocycles. The van der Waals surface area contributed by atoms with Gasteiger partial charge in [0, 0.05) is 11.6 Å². The molecule has 0 aliphatic rings. The molecule has 0 saturated carbocycles. The summed E-state index contributed by atoms with van der Waals surface area (Å²) in [6, 6.07) is 6.14. The fraction of sp³-hybridized carbons (Fsp3) is 0.467. The molecule has 19 heavy (non-hydrogen) atoms. The second kappa shape index (κ2) is 5.53. The Morgan fingerprint density at radius 3 is 2.79 bits per heavy atom. The maximum Gasteiger partial charge on any atom is 0.176 e. The van der Waals surface area contributed by atoms with Gasteiger partial charge in [-0.3, -0.25) is 4.79 Å². The molecule has 4 heteroatoms. The van der Waals surface area contributed by atoms with Crippen molar-refractivity contribution < 1.29 is 4.79 Å². The first-order valence-corrected chi connectivity index (χ1v) is 6.77. The van der Waals surface area contributed by atoms with Crippen molar-refractivity contribution >= 4 is 16.8 Å². The molecule has 1 N–H and O–H groups in total. The van der Waals surface area contributed by atoms with E-state index in [2.05, 4.69) is 28.7 Å². The maximum atomic E-state index is 12.0. The van der Waals surface area contributed by atoms with Crippen LogP contribution in [-0.4, -0.2) is 28.4 Å². The number of aryl methyl sites for hydroxylation is 1. The van der Waals surface area contributed by atoms with Gasteiger partial charge in [0.2, 0.25) is 0 Å². The predicted octanol–water partition coefficient (Wildman–Crippen LogP) is 2.72. The number of ketones is 1. The Kier molecular flexibility index (Phi) is 4.00. The summed E-state index contributed by atoms with van der Waals surface area (Å²) < 4.78 is 2.19. The van der Waals surface area contributed by atoms with E-state index in [9.17, 15) is 4.79 Å². The highest BCUT2D eigenvalue weighted by Gasteiger charge is 2.12. The van der Waals surface area contributed by atoms with Crippen molar-refractivity contribution in [1.82, 2.24) is 14.9 Å². The lowest BCUT2D eigenvalue weighted by Crippen LogP contribution is -2.22. The molecule has 1 aromatic carbocycles. The van der Waals surface area contributed by atoms with Crippen molar-refractivity contribution in [2.75, 3.05) is 13.1 Å². The summed E-state index contributed by atoms with van der Waals surface area (Å²) in [6.45, 7) is 9.45. The summed E-state index contributed by atoms with van der Waals surface area (Å²) in [4.78, 5) is 16.5. The van der Waals surface area contributed by atoms with Gasteiger partial charge in [-0.05, 0) is 45.5 Å². The molecule has 0 saturated heterocycles. The number of likely N-dealkylation sites (N-methyl/N-ethyl adjacent to an activating group) is 1. The zero-order valence-electron chi connectivity index (χ0n) is 12.0. The highest BCUT2D eigenvalue weighted by atomic mass is 16.1. The van der Waals surface area contributed by atoms with E-state index in [0.29, 0.717) is 12.6 Å². The van der Waals surface area contributed by atoms with Crippen molar-refractivity contribution in [1.29, 1.82) is 0 Å². The van der Waals surface area contributed by atoms with E-state index in [1.165, 1.54) is 0 Å². The van der Waals surface area contributed by atoms with Crippen LogP contribution in [0.4, 0.5) is 0 Å². The standard InChI is InChI=1S/C15H21N3O/c1-5-16-9-15(19)12-6-7-14-13(8-12)17-11(4)18(14)10(2)3/h6-8,10,16H,5,9H2,1-4H3. The third-order valence-electron chi connectivity index (χ3n) is 3.24. The van der Waals surface area contributed by atoms with E-state index in [1.54, 1.807) is 0 Å². The minimum atomic E-state index is 0.112. The van der Waals surface area contributed by atoms with Crippen LogP contribution < -0.4 is 5.32 Å². The molecule has 0 bridgehead atoms. The van der Waals surface area contributed by atoms with Crippen molar-refractivity contribution in [2.45, 2.75) is 33.7 Å². The first-order chi connectivity index (χ1) is 9.04. The van der Waals surface area contributed by atoms with E-state index >= 15 is 0 Å². The lowest BCUT2D eigenvalue weighted by Gasteiger charge is -2.10. The Morgan fingerprint density at radius 2 is 2.16 bits per heavy atom. The van der Waals surface area contributed by atoms with Gasteiger partial charge in [0.05, 0.1) is 17.6 Å². The Balaban J connectivity index is 2.39. The molecule has 0 amide bonds. The molecule has 2 aromatic rings. The number of fused-ring (bicyclic) bond motifs is 1. The van der Waals surface area contributed by atoms with Gasteiger partial charge in [0.25, 0.3) is 0 Å². The number of hydrogen-bond donors (Lipinski definition) is 1. The summed E-state index contributed by atoms with van der Waals surface area (Å²) in [5.41, 5.74) is 2.71. The van der Waals surface area contributed by atoms with E-state index in [0.717, 1.165) is 29.0 Å². The number of carbonyl (C=O) groups excluding carboxylic acids is 1. The molecule has 4 nitrogen and oxygen atoms in total. The third-order valence-corrected chi connectivity index (χ3v) is 3.24. The second-order valence-corrected chi connectivity index (χ2v) is 5.03. The number of benzene rings is 1. The van der Waals surface area contributed by atoms with Gasteiger partial charge in [-0.1, -0.05) is 6.92 Å². The number of nitrogens with zero attached hydrogens (tertiary/aromatic N) is 2. The summed E-state index contributed by atoms with van der Waals surface area (Å²) >= 11 is 0. The fourth-order valence-corrected chi connectivity index (χ4v) is 2.39. The van der Waals surface area contributed by atoms with Gasteiger partial charge >= 0.3 is 0 Å². The number of rotatable bonds is 5. The zero-order valence-corrected chi connectivity index (χ0v) is 12.0. The van der Waals surface area contributed by atoms with Crippen LogP contribution in [-0.2, 0) is 0 Å². The molecule has 0 radical (unpaired) electrons. The second-order valence-electron chi connectivity index (χ2n) is 5.03. The Bertz CT molecular complexity index is 599. The van der Waals surface area contributed by atoms with Crippen molar-refractivity contribution in [3.8, 4) is 0 Å². The van der Waals surface area contributed by atoms with Crippen LogP contribution in [0.2, 0.25) is 0 Å². The summed E-state index contributed by atoms with van der Waals surface area (Å²) in [7, 11) is 0. The molecule has 0 aliphatic carbocycles. The average Bonchev–Trinajstić information content (AvgIpc) is 2.70. The highest BCUT2D eigenvalue weighted by Crippen LogP contribution is 2.21. The van der Waals surface area contributed by atoms with Crippen molar-refractivity contribution in [3.63, 3.8) is 0 Å². The molecular weight excluding hydrogens is 238 g/mol. The number of aromatic nitrogens is 2. The monoisotopic (exact) mass is 259 g/mol. The van der Waals surface area contributed by atoms with Gasteiger partial charge in [-0.15, -0.1) is 0 Å². The largest absolute Gasteiger partial charge is 0.326 e. The molecule has 0 aliphatic heterocycles. The number of carbonyl (C=O) groups is 1. The van der Waals surface area contributed by atoms with E-state index < -0.39 is 0 Å². The summed E-state index contributed by atoms with van der Waals surface area (Å²) in [5.74, 6) is 1.10. The minimum absolute atomic E-state index is 0.112. The average molecular weight is 259 g/mol. The molecule has 0 spiro atoms. The van der Waals surface area contributed by atoms with Crippen LogP contribution in [0, 0.1) is 6.92 Å². The Labute approximate surface area is 113 Å². The van der Waals surface area contributed by atoms with Crippen molar-refractivity contribution in [2.24, 2.45) is 0 Å². The molecule has 102 valence electrons. The van der Waals surface area contributed by atoms with Crippen LogP contribution >= 0.6 is 0 Å². The number of hydrogen-bond acceptors (Lipinski definition) is 3. The molecule has 0 unspecified atom stereocenters. The van der Waals surface area contributed by atoms with E-state index in [1.807, 2.05) is 32.0 Å². The van der Waals surface area contributed by atoms with Crippen LogP contribution in [0.25, 0.3) is 11.0 Å². The van der Waals surface area contributed by atoms with Gasteiger partial charge in [-0.2, -0.15) is 0 Å². The lowest BCUT2D eigenvalue weighted by molar-refractivity contribution is 0.0992. The summed E-state index contributed by atoms with van der Waals surface area (Å²) in [6.07, 6.45) is 0. The van der Waals surface area contributed by atoms with E-state index in [-0.39, 0.29) is 5.78 Å². The van der Waals surface area contributed by atoms with Crippen LogP contribution in [0.3, 0.4) is 0 Å². The van der Waals surface area contributed by atoms with Crippen molar-refractivity contribution in [3.05, 3.63) is 29.6 Å². The maximum absolute atomic E-state index is 12.0. The molecular formula is C15H21N3O. The Hall–Kier alpha value is -1.68. The lowest BCUT2D eigenvalue weighted by atomic mass is 10.1. The first-order valence-electron chi connectivity index (χ1n) is 6.77. The number of Topliss-reactive ketones (excluding diaryl/α,β-unsaturated/α-hetero) is 1. The SMILES string of the molecule is CCNCC(=O)c1ccc2c(c1)nc(C)n2C(C)C. The third kappa shape index (κ3) is 2.68. The topological polar surface area (TPSA) is 46.9 Å². The number of imidazole rings is 1. The fourth-order valence-electron chi connectivity index (χ4n) is 2.39. The van der Waals surface area contributed by atoms with E-state index in [4.69, 9.17) is 0 Å². The molecule has 0 fully saturated rings. The molecule has 2 rings (SSSR count). The van der Waals surface area contributed by atoms with Gasteiger partial charge in [0.15, 0.2) is 5.78 Å². The summed E-state index contributed by atoms with van der Waals surface area (Å²) in [5, 5.41) is 3.05. The Morgan fingerprint density at radius 1 is 1.42 bits per heavy atom. The number of nitrogens with one attached hydrogen (secondary N) is 1. The normalized spacial score (nSPS) is 11.4. The molecule has 1 aromatic heterocycles. The van der Waals surface area contributed by atoms with Gasteiger partial charge in [-0.25, -0.2) is 4.98 Å². The predicted molar refractivity (Wildman–Crippen MR) is 77.7 cm³/mol. The minimum Gasteiger partial charge on any atom is -0.326 e. The quantitative estimate of drug-likeness (QED) is 0.840. The zero-order chi connectivity index (χ0) is 14.0. The van der Waals surface area contributed by atoms with Crippen LogP contribution in [0.5, 0.6) is 0 Å². The van der Waals surface area contributed by atoms with Gasteiger partial charge in [0.1, 0.15) is 5.82 Å². The van der Waals surface area contributed by atoms with Gasteiger partial charge < -0.3 is 9.88 Å². The first kappa shape index (κ1) is 13.7.